The molecule has 0 fully saturated rings. The molecule has 0 aliphatic rings. The van der Waals surface area contributed by atoms with Gasteiger partial charge in [-0.1, -0.05) is 29.8 Å². The quantitative estimate of drug-likeness (QED) is 0.735. The molecule has 2 rings (SSSR count). The van der Waals surface area contributed by atoms with Crippen LogP contribution >= 0.6 is 0 Å². The van der Waals surface area contributed by atoms with Crippen LogP contribution in [-0.2, 0) is 6.54 Å². The van der Waals surface area contributed by atoms with Gasteiger partial charge in [0.05, 0.1) is 17.8 Å². The van der Waals surface area contributed by atoms with Crippen LogP contribution in [-0.4, -0.2) is 16.1 Å². The smallest absolute Gasteiger partial charge is 0.153 e. The molecular formula is C13H14N2O. The average Bonchev–Trinajstić information content (AvgIpc) is 2.62. The molecule has 0 bridgehead atoms. The largest absolute Gasteiger partial charge is 0.298 e. The van der Waals surface area contributed by atoms with Crippen LogP contribution in [0.1, 0.15) is 27.2 Å². The summed E-state index contributed by atoms with van der Waals surface area (Å²) in [5, 5.41) is 4.28. The Labute approximate surface area is 94.7 Å². The van der Waals surface area contributed by atoms with Crippen molar-refractivity contribution >= 4 is 6.29 Å². The Morgan fingerprint density at radius 2 is 1.94 bits per heavy atom. The van der Waals surface area contributed by atoms with Gasteiger partial charge >= 0.3 is 0 Å². The van der Waals surface area contributed by atoms with Gasteiger partial charge in [0.2, 0.25) is 0 Å². The van der Waals surface area contributed by atoms with Gasteiger partial charge in [0.1, 0.15) is 0 Å². The third-order valence-electron chi connectivity index (χ3n) is 2.58. The first kappa shape index (κ1) is 10.6. The van der Waals surface area contributed by atoms with Crippen LogP contribution in [0.2, 0.25) is 0 Å². The van der Waals surface area contributed by atoms with Gasteiger partial charge in [-0.05, 0) is 19.4 Å². The van der Waals surface area contributed by atoms with E-state index in [0.29, 0.717) is 12.1 Å². The van der Waals surface area contributed by atoms with Crippen molar-refractivity contribution < 1.29 is 4.79 Å². The van der Waals surface area contributed by atoms with E-state index < -0.39 is 0 Å². The fraction of sp³-hybridized carbons (Fsp3) is 0.231. The van der Waals surface area contributed by atoms with Crippen LogP contribution < -0.4 is 0 Å². The van der Waals surface area contributed by atoms with Gasteiger partial charge < -0.3 is 0 Å². The van der Waals surface area contributed by atoms with Crippen molar-refractivity contribution in [3.05, 3.63) is 52.8 Å². The number of carbonyl (C=O) groups excluding carboxylic acids is 1. The number of aldehydes is 1. The Bertz CT molecular complexity index is 497. The monoisotopic (exact) mass is 214 g/mol. The SMILES string of the molecule is Cc1ccc(Cn2cc(C=O)c(C)n2)cc1. The zero-order valence-corrected chi connectivity index (χ0v) is 9.47. The molecule has 0 unspecified atom stereocenters. The molecule has 2 aromatic rings. The van der Waals surface area contributed by atoms with Crippen molar-refractivity contribution in [1.82, 2.24) is 9.78 Å². The molecule has 1 heterocycles. The number of aromatic nitrogens is 2. The van der Waals surface area contributed by atoms with Gasteiger partial charge in [0.15, 0.2) is 6.29 Å². The van der Waals surface area contributed by atoms with Gasteiger partial charge in [0.25, 0.3) is 0 Å². The molecule has 0 radical (unpaired) electrons. The molecule has 3 heteroatoms. The summed E-state index contributed by atoms with van der Waals surface area (Å²) in [6.07, 6.45) is 2.62. The van der Waals surface area contributed by atoms with Gasteiger partial charge in [-0.3, -0.25) is 9.48 Å². The van der Waals surface area contributed by atoms with Crippen molar-refractivity contribution in [2.45, 2.75) is 20.4 Å². The molecule has 3 nitrogen and oxygen atoms in total. The predicted octanol–water partition coefficient (Wildman–Crippen LogP) is 2.36. The lowest BCUT2D eigenvalue weighted by molar-refractivity contribution is 0.112. The molecule has 0 N–H and O–H groups in total. The van der Waals surface area contributed by atoms with Gasteiger partial charge in [-0.15, -0.1) is 0 Å². The molecule has 1 aromatic heterocycles. The summed E-state index contributed by atoms with van der Waals surface area (Å²) >= 11 is 0. The van der Waals surface area contributed by atoms with E-state index in [2.05, 4.69) is 36.3 Å². The van der Waals surface area contributed by atoms with E-state index in [1.807, 2.05) is 6.92 Å². The fourth-order valence-corrected chi connectivity index (χ4v) is 1.61. The molecule has 0 spiro atoms. The molecule has 0 aliphatic carbocycles. The molecular weight excluding hydrogens is 200 g/mol. The first-order valence-corrected chi connectivity index (χ1v) is 5.24. The van der Waals surface area contributed by atoms with Gasteiger partial charge in [0, 0.05) is 6.20 Å². The van der Waals surface area contributed by atoms with Gasteiger partial charge in [-0.2, -0.15) is 5.10 Å². The minimum Gasteiger partial charge on any atom is -0.298 e. The topological polar surface area (TPSA) is 34.9 Å². The molecule has 0 saturated carbocycles. The predicted molar refractivity (Wildman–Crippen MR) is 62.6 cm³/mol. The Hall–Kier alpha value is -1.90. The Kier molecular flexibility index (Phi) is 2.86. The van der Waals surface area contributed by atoms with Gasteiger partial charge in [-0.25, -0.2) is 0 Å². The lowest BCUT2D eigenvalue weighted by Crippen LogP contribution is -2.00. The lowest BCUT2D eigenvalue weighted by Gasteiger charge is -2.01. The zero-order chi connectivity index (χ0) is 11.5. The van der Waals surface area contributed by atoms with E-state index in [1.165, 1.54) is 11.1 Å². The van der Waals surface area contributed by atoms with Crippen LogP contribution in [0, 0.1) is 13.8 Å². The standard InChI is InChI=1S/C13H14N2O/c1-10-3-5-12(6-4-10)7-15-8-13(9-16)11(2)14-15/h3-6,8-9H,7H2,1-2H3. The normalized spacial score (nSPS) is 10.4. The Balaban J connectivity index is 2.20. The maximum Gasteiger partial charge on any atom is 0.153 e. The summed E-state index contributed by atoms with van der Waals surface area (Å²) in [7, 11) is 0. The summed E-state index contributed by atoms with van der Waals surface area (Å²) in [5.41, 5.74) is 3.87. The van der Waals surface area contributed by atoms with Crippen molar-refractivity contribution in [3.8, 4) is 0 Å². The maximum absolute atomic E-state index is 10.7. The molecule has 0 aliphatic heterocycles. The summed E-state index contributed by atoms with van der Waals surface area (Å²) in [6, 6.07) is 8.30. The Morgan fingerprint density at radius 1 is 1.25 bits per heavy atom. The number of benzene rings is 1. The second-order valence-electron chi connectivity index (χ2n) is 3.97. The second kappa shape index (κ2) is 4.31. The minimum atomic E-state index is 0.659. The number of rotatable bonds is 3. The van der Waals surface area contributed by atoms with Crippen molar-refractivity contribution in [1.29, 1.82) is 0 Å². The van der Waals surface area contributed by atoms with E-state index >= 15 is 0 Å². The Morgan fingerprint density at radius 3 is 2.50 bits per heavy atom. The van der Waals surface area contributed by atoms with Crippen LogP contribution in [0.4, 0.5) is 0 Å². The summed E-state index contributed by atoms with van der Waals surface area (Å²) < 4.78 is 1.80. The minimum absolute atomic E-state index is 0.659. The number of nitrogens with zero attached hydrogens (tertiary/aromatic N) is 2. The third-order valence-corrected chi connectivity index (χ3v) is 2.58. The summed E-state index contributed by atoms with van der Waals surface area (Å²) in [5.74, 6) is 0. The van der Waals surface area contributed by atoms with E-state index in [9.17, 15) is 4.79 Å². The fourth-order valence-electron chi connectivity index (χ4n) is 1.61. The summed E-state index contributed by atoms with van der Waals surface area (Å²) in [6.45, 7) is 4.61. The van der Waals surface area contributed by atoms with E-state index in [4.69, 9.17) is 0 Å². The highest BCUT2D eigenvalue weighted by Crippen LogP contribution is 2.07. The van der Waals surface area contributed by atoms with Crippen LogP contribution in [0.5, 0.6) is 0 Å². The van der Waals surface area contributed by atoms with Crippen molar-refractivity contribution in [3.63, 3.8) is 0 Å². The molecule has 0 atom stereocenters. The molecule has 82 valence electrons. The van der Waals surface area contributed by atoms with E-state index in [1.54, 1.807) is 10.9 Å². The number of hydrogen-bond donors (Lipinski definition) is 0. The van der Waals surface area contributed by atoms with Crippen molar-refractivity contribution in [2.24, 2.45) is 0 Å². The highest BCUT2D eigenvalue weighted by atomic mass is 16.1. The summed E-state index contributed by atoms with van der Waals surface area (Å²) in [4.78, 5) is 10.7. The van der Waals surface area contributed by atoms with Crippen molar-refractivity contribution in [2.75, 3.05) is 0 Å². The first-order valence-electron chi connectivity index (χ1n) is 5.24. The van der Waals surface area contributed by atoms with Crippen LogP contribution in [0.3, 0.4) is 0 Å². The first-order chi connectivity index (χ1) is 7.69. The van der Waals surface area contributed by atoms with Crippen LogP contribution in [0.15, 0.2) is 30.5 Å². The van der Waals surface area contributed by atoms with Crippen LogP contribution in [0.25, 0.3) is 0 Å². The second-order valence-corrected chi connectivity index (χ2v) is 3.97. The maximum atomic E-state index is 10.7. The van der Waals surface area contributed by atoms with E-state index in [-0.39, 0.29) is 0 Å². The third kappa shape index (κ3) is 2.19. The highest BCUT2D eigenvalue weighted by Gasteiger charge is 2.03. The molecule has 1 aromatic carbocycles. The highest BCUT2D eigenvalue weighted by molar-refractivity contribution is 5.75. The number of aryl methyl sites for hydroxylation is 2. The molecule has 0 amide bonds. The number of carbonyl (C=O) groups is 1. The zero-order valence-electron chi connectivity index (χ0n) is 9.47. The molecule has 0 saturated heterocycles. The average molecular weight is 214 g/mol. The molecule has 16 heavy (non-hydrogen) atoms. The van der Waals surface area contributed by atoms with E-state index in [0.717, 1.165) is 12.0 Å². The number of hydrogen-bond acceptors (Lipinski definition) is 2. The lowest BCUT2D eigenvalue weighted by atomic mass is 10.1.